The van der Waals surface area contributed by atoms with Crippen LogP contribution in [0, 0.1) is 0 Å². The zero-order chi connectivity index (χ0) is 11.4. The largest absolute Gasteiger partial charge is 0.379 e. The molecule has 0 amide bonds. The van der Waals surface area contributed by atoms with Gasteiger partial charge in [0.15, 0.2) is 0 Å². The molecule has 0 saturated carbocycles. The highest BCUT2D eigenvalue weighted by Gasteiger charge is 2.27. The number of nitrogens with zero attached hydrogens (tertiary/aromatic N) is 1. The van der Waals surface area contributed by atoms with Crippen LogP contribution in [0.3, 0.4) is 0 Å². The fourth-order valence-corrected chi connectivity index (χ4v) is 2.94. The van der Waals surface area contributed by atoms with Crippen molar-refractivity contribution in [1.29, 1.82) is 0 Å². The summed E-state index contributed by atoms with van der Waals surface area (Å²) in [6, 6.07) is 2.77. The van der Waals surface area contributed by atoms with Gasteiger partial charge in [-0.2, -0.15) is 11.3 Å². The van der Waals surface area contributed by atoms with Crippen LogP contribution in [0.1, 0.15) is 24.9 Å². The van der Waals surface area contributed by atoms with Crippen molar-refractivity contribution in [3.8, 4) is 0 Å². The van der Waals surface area contributed by atoms with Crippen molar-refractivity contribution in [2.45, 2.75) is 25.4 Å². The maximum Gasteiger partial charge on any atom is 0.0594 e. The van der Waals surface area contributed by atoms with Crippen molar-refractivity contribution in [2.24, 2.45) is 5.73 Å². The zero-order valence-corrected chi connectivity index (χ0v) is 10.6. The van der Waals surface area contributed by atoms with Crippen LogP contribution in [0.25, 0.3) is 0 Å². The van der Waals surface area contributed by atoms with Gasteiger partial charge >= 0.3 is 0 Å². The summed E-state index contributed by atoms with van der Waals surface area (Å²) < 4.78 is 5.40. The summed E-state index contributed by atoms with van der Waals surface area (Å²) in [6.07, 6.45) is 1.01. The highest BCUT2D eigenvalue weighted by atomic mass is 32.1. The van der Waals surface area contributed by atoms with Crippen LogP contribution in [0.2, 0.25) is 0 Å². The molecule has 2 N–H and O–H groups in total. The van der Waals surface area contributed by atoms with Gasteiger partial charge in [0.2, 0.25) is 0 Å². The van der Waals surface area contributed by atoms with Crippen molar-refractivity contribution in [3.63, 3.8) is 0 Å². The Morgan fingerprint density at radius 1 is 1.50 bits per heavy atom. The van der Waals surface area contributed by atoms with Crippen LogP contribution in [-0.2, 0) is 4.74 Å². The molecule has 0 aliphatic carbocycles. The molecule has 1 fully saturated rings. The Bertz CT molecular complexity index is 296. The minimum Gasteiger partial charge on any atom is -0.379 e. The van der Waals surface area contributed by atoms with Crippen molar-refractivity contribution in [1.82, 2.24) is 4.90 Å². The van der Waals surface area contributed by atoms with Crippen molar-refractivity contribution in [3.05, 3.63) is 22.4 Å². The molecular weight excluding hydrogens is 220 g/mol. The standard InChI is InChI=1S/C12H20N2OS/c1-2-11(13)12(10-3-8-16-9-10)14-4-6-15-7-5-14/h3,8-9,11-12H,2,4-7,13H2,1H3. The van der Waals surface area contributed by atoms with Crippen LogP contribution >= 0.6 is 11.3 Å². The summed E-state index contributed by atoms with van der Waals surface area (Å²) in [5.41, 5.74) is 7.62. The summed E-state index contributed by atoms with van der Waals surface area (Å²) in [7, 11) is 0. The smallest absolute Gasteiger partial charge is 0.0594 e. The molecule has 0 radical (unpaired) electrons. The minimum absolute atomic E-state index is 0.215. The van der Waals surface area contributed by atoms with E-state index in [1.807, 2.05) is 0 Å². The number of nitrogens with two attached hydrogens (primary N) is 1. The summed E-state index contributed by atoms with van der Waals surface area (Å²) in [6.45, 7) is 5.81. The zero-order valence-electron chi connectivity index (χ0n) is 9.76. The Morgan fingerprint density at radius 2 is 2.25 bits per heavy atom. The van der Waals surface area contributed by atoms with Gasteiger partial charge in [-0.05, 0) is 28.8 Å². The molecule has 2 atom stereocenters. The number of hydrogen-bond donors (Lipinski definition) is 1. The summed E-state index contributed by atoms with van der Waals surface area (Å²) in [4.78, 5) is 2.46. The van der Waals surface area contributed by atoms with Gasteiger partial charge in [-0.15, -0.1) is 0 Å². The lowest BCUT2D eigenvalue weighted by Crippen LogP contribution is -2.46. The molecule has 1 aromatic heterocycles. The molecule has 1 aliphatic rings. The normalized spacial score (nSPS) is 21.9. The van der Waals surface area contributed by atoms with Crippen LogP contribution in [0.5, 0.6) is 0 Å². The molecule has 2 unspecified atom stereocenters. The van der Waals surface area contributed by atoms with Gasteiger partial charge in [0.05, 0.1) is 19.3 Å². The van der Waals surface area contributed by atoms with E-state index in [0.29, 0.717) is 6.04 Å². The molecule has 4 heteroatoms. The first-order chi connectivity index (χ1) is 7.83. The van der Waals surface area contributed by atoms with E-state index < -0.39 is 0 Å². The third-order valence-electron chi connectivity index (χ3n) is 3.20. The predicted molar refractivity (Wildman–Crippen MR) is 67.7 cm³/mol. The molecule has 2 heterocycles. The lowest BCUT2D eigenvalue weighted by atomic mass is 9.98. The SMILES string of the molecule is CCC(N)C(c1ccsc1)N1CCOCC1. The first-order valence-corrected chi connectivity index (χ1v) is 6.86. The van der Waals surface area contributed by atoms with Crippen LogP contribution in [-0.4, -0.2) is 37.2 Å². The lowest BCUT2D eigenvalue weighted by molar-refractivity contribution is 0.0102. The molecular formula is C12H20N2OS. The van der Waals surface area contributed by atoms with Crippen LogP contribution in [0.4, 0.5) is 0 Å². The molecule has 1 saturated heterocycles. The molecule has 1 aliphatic heterocycles. The average molecular weight is 240 g/mol. The first-order valence-electron chi connectivity index (χ1n) is 5.92. The summed E-state index contributed by atoms with van der Waals surface area (Å²) >= 11 is 1.75. The molecule has 0 aromatic carbocycles. The highest BCUT2D eigenvalue weighted by molar-refractivity contribution is 7.07. The first kappa shape index (κ1) is 12.0. The number of ether oxygens (including phenoxy) is 1. The number of thiophene rings is 1. The van der Waals surface area contributed by atoms with Crippen molar-refractivity contribution in [2.75, 3.05) is 26.3 Å². The molecule has 2 rings (SSSR count). The maximum absolute atomic E-state index is 6.26. The second-order valence-electron chi connectivity index (χ2n) is 4.22. The monoisotopic (exact) mass is 240 g/mol. The van der Waals surface area contributed by atoms with E-state index in [2.05, 4.69) is 28.7 Å². The minimum atomic E-state index is 0.215. The Morgan fingerprint density at radius 3 is 2.81 bits per heavy atom. The van der Waals surface area contributed by atoms with Crippen molar-refractivity contribution >= 4 is 11.3 Å². The van der Waals surface area contributed by atoms with Crippen molar-refractivity contribution < 1.29 is 4.74 Å². The van der Waals surface area contributed by atoms with Gasteiger partial charge in [-0.25, -0.2) is 0 Å². The van der Waals surface area contributed by atoms with Crippen LogP contribution < -0.4 is 5.73 Å². The third-order valence-corrected chi connectivity index (χ3v) is 3.90. The molecule has 1 aromatic rings. The van der Waals surface area contributed by atoms with E-state index in [4.69, 9.17) is 10.5 Å². The summed E-state index contributed by atoms with van der Waals surface area (Å²) in [5, 5.41) is 4.35. The number of rotatable bonds is 4. The van der Waals surface area contributed by atoms with E-state index >= 15 is 0 Å². The van der Waals surface area contributed by atoms with E-state index in [9.17, 15) is 0 Å². The quantitative estimate of drug-likeness (QED) is 0.873. The molecule has 0 spiro atoms. The molecule has 90 valence electrons. The summed E-state index contributed by atoms with van der Waals surface area (Å²) in [5.74, 6) is 0. The highest BCUT2D eigenvalue weighted by Crippen LogP contribution is 2.27. The number of hydrogen-bond acceptors (Lipinski definition) is 4. The predicted octanol–water partition coefficient (Wildman–Crippen LogP) is 1.86. The maximum atomic E-state index is 6.26. The van der Waals surface area contributed by atoms with E-state index in [1.54, 1.807) is 11.3 Å². The van der Waals surface area contributed by atoms with Gasteiger partial charge < -0.3 is 10.5 Å². The third kappa shape index (κ3) is 2.63. The second-order valence-corrected chi connectivity index (χ2v) is 5.00. The van der Waals surface area contributed by atoms with Gasteiger partial charge in [0, 0.05) is 19.1 Å². The van der Waals surface area contributed by atoms with Gasteiger partial charge in [-0.3, -0.25) is 4.90 Å². The fourth-order valence-electron chi connectivity index (χ4n) is 2.25. The Hall–Kier alpha value is -0.420. The van der Waals surface area contributed by atoms with Gasteiger partial charge in [0.1, 0.15) is 0 Å². The lowest BCUT2D eigenvalue weighted by Gasteiger charge is -2.37. The van der Waals surface area contributed by atoms with Gasteiger partial charge in [-0.1, -0.05) is 6.92 Å². The Kier molecular flexibility index (Phi) is 4.35. The van der Waals surface area contributed by atoms with Gasteiger partial charge in [0.25, 0.3) is 0 Å². The topological polar surface area (TPSA) is 38.5 Å². The molecule has 16 heavy (non-hydrogen) atoms. The second kappa shape index (κ2) is 5.77. The molecule has 0 bridgehead atoms. The van der Waals surface area contributed by atoms with Crippen LogP contribution in [0.15, 0.2) is 16.8 Å². The average Bonchev–Trinajstić information content (AvgIpc) is 2.84. The molecule has 3 nitrogen and oxygen atoms in total. The fraction of sp³-hybridized carbons (Fsp3) is 0.667. The van der Waals surface area contributed by atoms with E-state index in [-0.39, 0.29) is 6.04 Å². The number of morpholine rings is 1. The van der Waals surface area contributed by atoms with E-state index in [1.165, 1.54) is 5.56 Å². The van der Waals surface area contributed by atoms with E-state index in [0.717, 1.165) is 32.7 Å². The Balaban J connectivity index is 2.13. The Labute approximate surface area is 101 Å².